The molecule has 0 fully saturated rings. The van der Waals surface area contributed by atoms with Crippen molar-refractivity contribution in [2.45, 2.75) is 40.2 Å². The lowest BCUT2D eigenvalue weighted by molar-refractivity contribution is -0.131. The molecule has 0 saturated carbocycles. The van der Waals surface area contributed by atoms with Crippen LogP contribution in [0.25, 0.3) is 0 Å². The first-order chi connectivity index (χ1) is 7.31. The molecule has 5 nitrogen and oxygen atoms in total. The van der Waals surface area contributed by atoms with E-state index in [1.165, 1.54) is 0 Å². The van der Waals surface area contributed by atoms with E-state index in [4.69, 9.17) is 5.11 Å². The molecule has 0 spiro atoms. The second-order valence-electron chi connectivity index (χ2n) is 4.79. The molecule has 2 amide bonds. The van der Waals surface area contributed by atoms with Crippen molar-refractivity contribution in [2.75, 3.05) is 13.2 Å². The van der Waals surface area contributed by atoms with E-state index in [1.807, 2.05) is 6.92 Å². The molecule has 0 rings (SSSR count). The molecule has 0 aromatic heterocycles. The Bertz CT molecular complexity index is 242. The van der Waals surface area contributed by atoms with E-state index in [0.717, 1.165) is 0 Å². The first-order valence-corrected chi connectivity index (χ1v) is 5.49. The van der Waals surface area contributed by atoms with Crippen molar-refractivity contribution in [3.05, 3.63) is 0 Å². The number of carbonyl (C=O) groups is 2. The summed E-state index contributed by atoms with van der Waals surface area (Å²) in [6, 6.07) is -0.237. The van der Waals surface area contributed by atoms with Gasteiger partial charge in [0.1, 0.15) is 0 Å². The zero-order valence-corrected chi connectivity index (χ0v) is 10.5. The van der Waals surface area contributed by atoms with E-state index >= 15 is 0 Å². The Hall–Kier alpha value is -1.10. The SMILES string of the molecule is CC[C@@H](CO)NC(=O)CNC(=O)C(C)(C)C. The number of nitrogens with one attached hydrogen (secondary N) is 2. The first-order valence-electron chi connectivity index (χ1n) is 5.49. The maximum Gasteiger partial charge on any atom is 0.239 e. The predicted octanol–water partition coefficient (Wildman–Crippen LogP) is 0.0358. The van der Waals surface area contributed by atoms with Gasteiger partial charge in [0.05, 0.1) is 19.2 Å². The molecule has 0 heterocycles. The summed E-state index contributed by atoms with van der Waals surface area (Å²) in [6.07, 6.45) is 0.662. The van der Waals surface area contributed by atoms with Crippen molar-refractivity contribution < 1.29 is 14.7 Å². The molecule has 0 aliphatic heterocycles. The number of carbonyl (C=O) groups excluding carboxylic acids is 2. The maximum absolute atomic E-state index is 11.5. The van der Waals surface area contributed by atoms with Crippen LogP contribution in [0.3, 0.4) is 0 Å². The third kappa shape index (κ3) is 5.70. The Labute approximate surface area is 96.6 Å². The van der Waals surface area contributed by atoms with Crippen LogP contribution in [-0.4, -0.2) is 36.1 Å². The third-order valence-corrected chi connectivity index (χ3v) is 2.17. The Kier molecular flexibility index (Phi) is 6.03. The van der Waals surface area contributed by atoms with Crippen LogP contribution < -0.4 is 10.6 Å². The average molecular weight is 230 g/mol. The molecule has 0 aliphatic rings. The van der Waals surface area contributed by atoms with Crippen LogP contribution in [-0.2, 0) is 9.59 Å². The highest BCUT2D eigenvalue weighted by Gasteiger charge is 2.21. The van der Waals surface area contributed by atoms with Crippen LogP contribution in [0.1, 0.15) is 34.1 Å². The zero-order chi connectivity index (χ0) is 12.8. The molecular formula is C11H22N2O3. The molecule has 0 aromatic carbocycles. The predicted molar refractivity (Wildman–Crippen MR) is 61.8 cm³/mol. The van der Waals surface area contributed by atoms with Gasteiger partial charge in [-0.05, 0) is 6.42 Å². The van der Waals surface area contributed by atoms with Crippen molar-refractivity contribution in [2.24, 2.45) is 5.41 Å². The topological polar surface area (TPSA) is 78.4 Å². The largest absolute Gasteiger partial charge is 0.394 e. The second-order valence-corrected chi connectivity index (χ2v) is 4.79. The van der Waals surface area contributed by atoms with Gasteiger partial charge in [0.15, 0.2) is 0 Å². The highest BCUT2D eigenvalue weighted by Crippen LogP contribution is 2.11. The summed E-state index contributed by atoms with van der Waals surface area (Å²) >= 11 is 0. The van der Waals surface area contributed by atoms with Gasteiger partial charge in [-0.15, -0.1) is 0 Å². The van der Waals surface area contributed by atoms with Gasteiger partial charge in [-0.25, -0.2) is 0 Å². The fourth-order valence-corrected chi connectivity index (χ4v) is 0.981. The monoisotopic (exact) mass is 230 g/mol. The zero-order valence-electron chi connectivity index (χ0n) is 10.5. The number of aliphatic hydroxyl groups excluding tert-OH is 1. The van der Waals surface area contributed by atoms with Gasteiger partial charge >= 0.3 is 0 Å². The molecule has 1 atom stereocenters. The Morgan fingerprint density at radius 2 is 1.88 bits per heavy atom. The van der Waals surface area contributed by atoms with Crippen molar-refractivity contribution >= 4 is 11.8 Å². The molecule has 16 heavy (non-hydrogen) atoms. The van der Waals surface area contributed by atoms with Gasteiger partial charge in [0.2, 0.25) is 11.8 Å². The van der Waals surface area contributed by atoms with E-state index in [-0.39, 0.29) is 31.0 Å². The third-order valence-electron chi connectivity index (χ3n) is 2.17. The van der Waals surface area contributed by atoms with Crippen molar-refractivity contribution in [1.82, 2.24) is 10.6 Å². The molecule has 0 saturated heterocycles. The van der Waals surface area contributed by atoms with Gasteiger partial charge in [-0.2, -0.15) is 0 Å². The molecular weight excluding hydrogens is 208 g/mol. The lowest BCUT2D eigenvalue weighted by Crippen LogP contribution is -2.45. The second kappa shape index (κ2) is 6.48. The van der Waals surface area contributed by atoms with Crippen LogP contribution in [0.15, 0.2) is 0 Å². The Morgan fingerprint density at radius 1 is 1.31 bits per heavy atom. The van der Waals surface area contributed by atoms with Gasteiger partial charge in [-0.3, -0.25) is 9.59 Å². The van der Waals surface area contributed by atoms with Crippen molar-refractivity contribution in [3.63, 3.8) is 0 Å². The van der Waals surface area contributed by atoms with E-state index in [9.17, 15) is 9.59 Å². The minimum atomic E-state index is -0.499. The number of hydrogen-bond acceptors (Lipinski definition) is 3. The van der Waals surface area contributed by atoms with Crippen LogP contribution in [0.4, 0.5) is 0 Å². The Balaban J connectivity index is 3.95. The summed E-state index contributed by atoms with van der Waals surface area (Å²) in [5.74, 6) is -0.446. The van der Waals surface area contributed by atoms with E-state index in [0.29, 0.717) is 6.42 Å². The number of aliphatic hydroxyl groups is 1. The first kappa shape index (κ1) is 14.9. The minimum absolute atomic E-state index is 0.0490. The fraction of sp³-hybridized carbons (Fsp3) is 0.818. The fourth-order valence-electron chi connectivity index (χ4n) is 0.981. The van der Waals surface area contributed by atoms with E-state index in [2.05, 4.69) is 10.6 Å². The van der Waals surface area contributed by atoms with Gasteiger partial charge in [0.25, 0.3) is 0 Å². The highest BCUT2D eigenvalue weighted by atomic mass is 16.3. The summed E-state index contributed by atoms with van der Waals surface area (Å²) in [6.45, 7) is 7.07. The quantitative estimate of drug-likeness (QED) is 0.624. The smallest absolute Gasteiger partial charge is 0.239 e. The summed E-state index contributed by atoms with van der Waals surface area (Å²) in [5, 5.41) is 14.0. The lowest BCUT2D eigenvalue weighted by atomic mass is 9.96. The number of amides is 2. The average Bonchev–Trinajstić information content (AvgIpc) is 2.20. The highest BCUT2D eigenvalue weighted by molar-refractivity contribution is 5.87. The van der Waals surface area contributed by atoms with Gasteiger partial charge < -0.3 is 15.7 Å². The summed E-state index contributed by atoms with van der Waals surface area (Å²) in [7, 11) is 0. The summed E-state index contributed by atoms with van der Waals surface area (Å²) < 4.78 is 0. The number of rotatable bonds is 5. The summed E-state index contributed by atoms with van der Waals surface area (Å²) in [4.78, 5) is 22.8. The normalized spacial score (nSPS) is 13.1. The molecule has 3 N–H and O–H groups in total. The van der Waals surface area contributed by atoms with Crippen LogP contribution in [0, 0.1) is 5.41 Å². The van der Waals surface area contributed by atoms with Crippen LogP contribution in [0.5, 0.6) is 0 Å². The molecule has 94 valence electrons. The molecule has 0 radical (unpaired) electrons. The Morgan fingerprint density at radius 3 is 2.25 bits per heavy atom. The lowest BCUT2D eigenvalue weighted by Gasteiger charge is -2.18. The van der Waals surface area contributed by atoms with Crippen LogP contribution >= 0.6 is 0 Å². The minimum Gasteiger partial charge on any atom is -0.394 e. The van der Waals surface area contributed by atoms with E-state index < -0.39 is 5.41 Å². The van der Waals surface area contributed by atoms with Gasteiger partial charge in [0, 0.05) is 5.41 Å². The molecule has 0 unspecified atom stereocenters. The summed E-state index contributed by atoms with van der Waals surface area (Å²) in [5.41, 5.74) is -0.499. The molecule has 0 aromatic rings. The van der Waals surface area contributed by atoms with E-state index in [1.54, 1.807) is 20.8 Å². The standard InChI is InChI=1S/C11H22N2O3/c1-5-8(7-14)13-9(15)6-12-10(16)11(2,3)4/h8,14H,5-7H2,1-4H3,(H,12,16)(H,13,15)/t8-/m0/s1. The van der Waals surface area contributed by atoms with Crippen LogP contribution in [0.2, 0.25) is 0 Å². The number of hydrogen-bond donors (Lipinski definition) is 3. The van der Waals surface area contributed by atoms with Gasteiger partial charge in [-0.1, -0.05) is 27.7 Å². The molecule has 5 heteroatoms. The molecule has 0 bridgehead atoms. The van der Waals surface area contributed by atoms with Crippen molar-refractivity contribution in [3.8, 4) is 0 Å². The maximum atomic E-state index is 11.5. The molecule has 0 aliphatic carbocycles. The van der Waals surface area contributed by atoms with Crippen molar-refractivity contribution in [1.29, 1.82) is 0 Å².